The SMILES string of the molecule is CC(C)Cn1c(O)c(C(=O)NC2CC2)c(=O)n2nc(NC(=O)OC(C)(C)C)c(/C=C/C(=O)O)c12. The van der Waals surface area contributed by atoms with Gasteiger partial charge in [-0.1, -0.05) is 13.8 Å². The summed E-state index contributed by atoms with van der Waals surface area (Å²) in [6, 6.07) is -0.0587. The Balaban J connectivity index is 2.27. The Labute approximate surface area is 195 Å². The molecule has 0 aliphatic heterocycles. The number of hydrogen-bond donors (Lipinski definition) is 4. The van der Waals surface area contributed by atoms with Crippen LogP contribution in [0.3, 0.4) is 0 Å². The maximum atomic E-state index is 13.2. The first-order valence-electron chi connectivity index (χ1n) is 10.9. The van der Waals surface area contributed by atoms with Gasteiger partial charge in [0.2, 0.25) is 5.88 Å². The summed E-state index contributed by atoms with van der Waals surface area (Å²) in [5.74, 6) is -2.78. The first-order chi connectivity index (χ1) is 15.8. The molecule has 0 atom stereocenters. The average molecular weight is 476 g/mol. The maximum Gasteiger partial charge on any atom is 0.413 e. The van der Waals surface area contributed by atoms with E-state index >= 15 is 0 Å². The van der Waals surface area contributed by atoms with Crippen molar-refractivity contribution < 1.29 is 29.3 Å². The van der Waals surface area contributed by atoms with Crippen LogP contribution in [0.15, 0.2) is 10.9 Å². The van der Waals surface area contributed by atoms with E-state index < -0.39 is 40.6 Å². The number of amides is 2. The Hall–Kier alpha value is -3.83. The van der Waals surface area contributed by atoms with Crippen LogP contribution >= 0.6 is 0 Å². The Morgan fingerprint density at radius 3 is 2.44 bits per heavy atom. The van der Waals surface area contributed by atoms with E-state index in [-0.39, 0.29) is 35.5 Å². The van der Waals surface area contributed by atoms with Crippen LogP contribution in [0.4, 0.5) is 10.6 Å². The van der Waals surface area contributed by atoms with Gasteiger partial charge in [0.1, 0.15) is 5.60 Å². The predicted octanol–water partition coefficient (Wildman–Crippen LogP) is 2.19. The first-order valence-corrected chi connectivity index (χ1v) is 10.9. The Morgan fingerprint density at radius 1 is 1.26 bits per heavy atom. The highest BCUT2D eigenvalue weighted by atomic mass is 16.6. The molecule has 1 aliphatic carbocycles. The van der Waals surface area contributed by atoms with Gasteiger partial charge in [0.25, 0.3) is 11.5 Å². The van der Waals surface area contributed by atoms with Crippen molar-refractivity contribution in [2.24, 2.45) is 5.92 Å². The average Bonchev–Trinajstić information content (AvgIpc) is 3.41. The number of anilines is 1. The van der Waals surface area contributed by atoms with Crippen LogP contribution in [0, 0.1) is 5.92 Å². The van der Waals surface area contributed by atoms with Gasteiger partial charge in [-0.05, 0) is 45.6 Å². The molecule has 3 rings (SSSR count). The molecule has 0 radical (unpaired) electrons. The van der Waals surface area contributed by atoms with E-state index in [4.69, 9.17) is 9.84 Å². The van der Waals surface area contributed by atoms with Crippen LogP contribution in [0.25, 0.3) is 11.7 Å². The van der Waals surface area contributed by atoms with Crippen LogP contribution in [-0.2, 0) is 16.1 Å². The minimum Gasteiger partial charge on any atom is -0.494 e. The van der Waals surface area contributed by atoms with Crippen LogP contribution in [0.1, 0.15) is 63.4 Å². The quantitative estimate of drug-likeness (QED) is 0.443. The lowest BCUT2D eigenvalue weighted by Crippen LogP contribution is -2.34. The minimum atomic E-state index is -1.27. The molecule has 0 saturated heterocycles. The topological polar surface area (TPSA) is 164 Å². The van der Waals surface area contributed by atoms with E-state index in [2.05, 4.69) is 15.7 Å². The molecule has 1 saturated carbocycles. The number of carboxylic acids is 1. The normalized spacial score (nSPS) is 14.1. The Morgan fingerprint density at radius 2 is 1.91 bits per heavy atom. The molecule has 12 nitrogen and oxygen atoms in total. The molecule has 1 fully saturated rings. The fourth-order valence-corrected chi connectivity index (χ4v) is 3.28. The fourth-order valence-electron chi connectivity index (χ4n) is 3.28. The van der Waals surface area contributed by atoms with E-state index in [0.29, 0.717) is 0 Å². The molecule has 12 heteroatoms. The van der Waals surface area contributed by atoms with Gasteiger partial charge in [0, 0.05) is 18.7 Å². The van der Waals surface area contributed by atoms with Gasteiger partial charge in [-0.2, -0.15) is 4.52 Å². The summed E-state index contributed by atoms with van der Waals surface area (Å²) in [5.41, 5.74) is -2.15. The van der Waals surface area contributed by atoms with Crippen LogP contribution < -0.4 is 16.2 Å². The molecule has 34 heavy (non-hydrogen) atoms. The fraction of sp³-hybridized carbons (Fsp3) is 0.500. The van der Waals surface area contributed by atoms with Gasteiger partial charge in [-0.3, -0.25) is 19.5 Å². The van der Waals surface area contributed by atoms with Crippen molar-refractivity contribution in [3.8, 4) is 5.88 Å². The van der Waals surface area contributed by atoms with Gasteiger partial charge in [0.05, 0.1) is 5.56 Å². The Bertz CT molecular complexity index is 1230. The van der Waals surface area contributed by atoms with Crippen LogP contribution in [-0.4, -0.2) is 54.0 Å². The van der Waals surface area contributed by atoms with Crippen molar-refractivity contribution in [3.63, 3.8) is 0 Å². The number of aromatic hydroxyl groups is 1. The molecule has 2 aromatic rings. The summed E-state index contributed by atoms with van der Waals surface area (Å²) in [6.07, 6.45) is 2.65. The molecule has 2 heterocycles. The molecule has 2 aromatic heterocycles. The summed E-state index contributed by atoms with van der Waals surface area (Å²) < 4.78 is 7.42. The van der Waals surface area contributed by atoms with Crippen molar-refractivity contribution in [1.29, 1.82) is 0 Å². The van der Waals surface area contributed by atoms with Crippen molar-refractivity contribution in [2.45, 2.75) is 65.6 Å². The lowest BCUT2D eigenvalue weighted by molar-refractivity contribution is -0.131. The predicted molar refractivity (Wildman–Crippen MR) is 123 cm³/mol. The zero-order valence-corrected chi connectivity index (χ0v) is 19.7. The van der Waals surface area contributed by atoms with Gasteiger partial charge in [0.15, 0.2) is 17.0 Å². The number of nitrogens with one attached hydrogen (secondary N) is 2. The monoisotopic (exact) mass is 475 g/mol. The molecule has 0 bridgehead atoms. The van der Waals surface area contributed by atoms with Crippen molar-refractivity contribution in [1.82, 2.24) is 19.5 Å². The lowest BCUT2D eigenvalue weighted by Gasteiger charge is -2.19. The lowest BCUT2D eigenvalue weighted by atomic mass is 10.2. The summed E-state index contributed by atoms with van der Waals surface area (Å²) in [4.78, 5) is 49.6. The molecule has 0 spiro atoms. The molecule has 184 valence electrons. The number of hydrogen-bond acceptors (Lipinski definition) is 7. The van der Waals surface area contributed by atoms with Crippen LogP contribution in [0.2, 0.25) is 0 Å². The minimum absolute atomic E-state index is 0.0164. The smallest absolute Gasteiger partial charge is 0.413 e. The molecular formula is C22H29N5O7. The van der Waals surface area contributed by atoms with Gasteiger partial charge in [-0.25, -0.2) is 9.59 Å². The van der Waals surface area contributed by atoms with Gasteiger partial charge < -0.3 is 20.3 Å². The second-order valence-corrected chi connectivity index (χ2v) is 9.55. The molecule has 4 N–H and O–H groups in total. The van der Waals surface area contributed by atoms with E-state index in [1.54, 1.807) is 20.8 Å². The zero-order chi connectivity index (χ0) is 25.4. The number of aromatic nitrogens is 3. The molecule has 0 aromatic carbocycles. The van der Waals surface area contributed by atoms with E-state index in [1.807, 2.05) is 13.8 Å². The largest absolute Gasteiger partial charge is 0.494 e. The Kier molecular flexibility index (Phi) is 6.71. The summed E-state index contributed by atoms with van der Waals surface area (Å²) >= 11 is 0. The van der Waals surface area contributed by atoms with E-state index in [9.17, 15) is 24.3 Å². The standard InChI is InChI=1S/C22H29N5O7/c1-11(2)10-26-18-13(8-9-14(28)29)16(24-21(33)34-22(3,4)5)25-27(18)20(32)15(19(26)31)17(30)23-12-6-7-12/h8-9,11-12,31H,6-7,10H2,1-5H3,(H,23,30)(H,28,29)(H,24,25,33)/b9-8+. The first kappa shape index (κ1) is 24.8. The van der Waals surface area contributed by atoms with E-state index in [0.717, 1.165) is 29.5 Å². The highest BCUT2D eigenvalue weighted by Crippen LogP contribution is 2.28. The van der Waals surface area contributed by atoms with Gasteiger partial charge >= 0.3 is 12.1 Å². The highest BCUT2D eigenvalue weighted by Gasteiger charge is 2.31. The van der Waals surface area contributed by atoms with E-state index in [1.165, 1.54) is 4.57 Å². The highest BCUT2D eigenvalue weighted by molar-refractivity contribution is 5.98. The van der Waals surface area contributed by atoms with Crippen LogP contribution in [0.5, 0.6) is 5.88 Å². The summed E-state index contributed by atoms with van der Waals surface area (Å²) in [5, 5.41) is 29.4. The third-order valence-corrected chi connectivity index (χ3v) is 4.74. The van der Waals surface area contributed by atoms with Gasteiger partial charge in [-0.15, -0.1) is 5.10 Å². The number of ether oxygens (including phenoxy) is 1. The molecule has 0 unspecified atom stereocenters. The second-order valence-electron chi connectivity index (χ2n) is 9.55. The summed E-state index contributed by atoms with van der Waals surface area (Å²) in [7, 11) is 0. The number of aliphatic carboxylic acids is 1. The number of rotatable bonds is 7. The number of carbonyl (C=O) groups is 3. The van der Waals surface area contributed by atoms with Crippen molar-refractivity contribution in [2.75, 3.05) is 5.32 Å². The number of carboxylic acid groups (broad SMARTS) is 1. The maximum absolute atomic E-state index is 13.2. The van der Waals surface area contributed by atoms with Crippen molar-refractivity contribution in [3.05, 3.63) is 27.6 Å². The molecule has 2 amide bonds. The number of nitrogens with zero attached hydrogens (tertiary/aromatic N) is 3. The second kappa shape index (κ2) is 9.20. The summed E-state index contributed by atoms with van der Waals surface area (Å²) in [6.45, 7) is 8.89. The third kappa shape index (κ3) is 5.56. The molecular weight excluding hydrogens is 446 g/mol. The third-order valence-electron chi connectivity index (χ3n) is 4.74. The van der Waals surface area contributed by atoms with Crippen molar-refractivity contribution >= 4 is 35.5 Å². The number of carbonyl (C=O) groups excluding carboxylic acids is 2. The molecule has 1 aliphatic rings. The number of fused-ring (bicyclic) bond motifs is 1. The zero-order valence-electron chi connectivity index (χ0n) is 19.7.